The van der Waals surface area contributed by atoms with Gasteiger partial charge in [-0.1, -0.05) is 268 Å². The maximum atomic E-state index is 13.1. The minimum absolute atomic E-state index is 0.0857. The molecular weight excluding hydrogens is 1260 g/mol. The molecule has 0 aliphatic carbocycles. The van der Waals surface area contributed by atoms with E-state index in [4.69, 9.17) is 37.0 Å². The molecule has 0 aliphatic rings. The van der Waals surface area contributed by atoms with Crippen molar-refractivity contribution in [2.75, 3.05) is 39.6 Å². The van der Waals surface area contributed by atoms with Crippen molar-refractivity contribution in [1.29, 1.82) is 0 Å². The summed E-state index contributed by atoms with van der Waals surface area (Å²) >= 11 is 0. The molecule has 0 radical (unpaired) electrons. The highest BCUT2D eigenvalue weighted by Gasteiger charge is 2.30. The van der Waals surface area contributed by atoms with Gasteiger partial charge >= 0.3 is 39.5 Å². The number of esters is 4. The number of phosphoric ester groups is 2. The Morgan fingerprint density at radius 1 is 0.302 bits per heavy atom. The molecule has 0 saturated carbocycles. The molecule has 19 heteroatoms. The number of phosphoric acid groups is 2. The fraction of sp³-hybridized carbons (Fsp3) is 0.792. The zero-order valence-corrected chi connectivity index (χ0v) is 62.6. The van der Waals surface area contributed by atoms with Gasteiger partial charge in [0, 0.05) is 25.7 Å². The maximum Gasteiger partial charge on any atom is 0.472 e. The van der Waals surface area contributed by atoms with Gasteiger partial charge in [-0.05, 0) is 116 Å². The second-order valence-corrected chi connectivity index (χ2v) is 28.5. The van der Waals surface area contributed by atoms with Crippen molar-refractivity contribution in [2.45, 2.75) is 354 Å². The van der Waals surface area contributed by atoms with Crippen molar-refractivity contribution in [3.8, 4) is 0 Å². The van der Waals surface area contributed by atoms with E-state index >= 15 is 0 Å². The van der Waals surface area contributed by atoms with Gasteiger partial charge in [0.15, 0.2) is 12.2 Å². The average Bonchev–Trinajstić information content (AvgIpc) is 1.14. The van der Waals surface area contributed by atoms with Crippen molar-refractivity contribution < 1.29 is 80.2 Å². The summed E-state index contributed by atoms with van der Waals surface area (Å²) in [4.78, 5) is 72.8. The molecule has 0 heterocycles. The van der Waals surface area contributed by atoms with Crippen LogP contribution in [0.5, 0.6) is 0 Å². The lowest BCUT2D eigenvalue weighted by molar-refractivity contribution is -0.161. The fourth-order valence-electron chi connectivity index (χ4n) is 10.3. The summed E-state index contributed by atoms with van der Waals surface area (Å²) in [7, 11) is -9.95. The topological polar surface area (TPSA) is 237 Å². The Balaban J connectivity index is 5.35. The van der Waals surface area contributed by atoms with Crippen LogP contribution in [0.2, 0.25) is 0 Å². The minimum Gasteiger partial charge on any atom is -0.462 e. The molecule has 3 N–H and O–H groups in total. The van der Waals surface area contributed by atoms with Crippen LogP contribution in [-0.2, 0) is 65.4 Å². The summed E-state index contributed by atoms with van der Waals surface area (Å²) < 4.78 is 68.4. The largest absolute Gasteiger partial charge is 0.472 e. The van der Waals surface area contributed by atoms with Crippen LogP contribution in [0.4, 0.5) is 0 Å². The van der Waals surface area contributed by atoms with Crippen LogP contribution in [0.3, 0.4) is 0 Å². The van der Waals surface area contributed by atoms with Gasteiger partial charge in [0.25, 0.3) is 0 Å². The van der Waals surface area contributed by atoms with Crippen LogP contribution in [0, 0.1) is 0 Å². The summed E-state index contributed by atoms with van der Waals surface area (Å²) in [6.45, 7) is 4.71. The first-order valence-corrected chi connectivity index (χ1v) is 41.2. The van der Waals surface area contributed by atoms with Crippen molar-refractivity contribution in [3.05, 3.63) is 72.9 Å². The SMILES string of the molecule is CC/C=C\C/C=C\C/C=C\C/C=C\CCCCC(=O)OCC(COP(=O)(O)OCC(O)COP(=O)(O)OCC(COC(=O)CCCCCCC/C=C\CCCCCCCC)OC(=O)CCCCCCC/C=C\CCCCCC)OC(=O)CCCCCCCCCCCCCCC. The van der Waals surface area contributed by atoms with Crippen molar-refractivity contribution >= 4 is 39.5 Å². The van der Waals surface area contributed by atoms with E-state index in [1.165, 1.54) is 116 Å². The minimum atomic E-state index is -4.98. The third-order valence-electron chi connectivity index (χ3n) is 16.2. The van der Waals surface area contributed by atoms with Crippen molar-refractivity contribution in [3.63, 3.8) is 0 Å². The summed E-state index contributed by atoms with van der Waals surface area (Å²) in [5.74, 6) is -2.22. The van der Waals surface area contributed by atoms with Gasteiger partial charge in [0.05, 0.1) is 26.4 Å². The molecule has 0 bridgehead atoms. The molecule has 0 saturated heterocycles. The molecule has 5 atom stereocenters. The number of aliphatic hydroxyl groups is 1. The molecule has 96 heavy (non-hydrogen) atoms. The van der Waals surface area contributed by atoms with Gasteiger partial charge < -0.3 is 33.8 Å². The van der Waals surface area contributed by atoms with E-state index in [1.807, 2.05) is 0 Å². The first kappa shape index (κ1) is 92.5. The van der Waals surface area contributed by atoms with E-state index in [0.717, 1.165) is 141 Å². The number of rotatable bonds is 72. The fourth-order valence-corrected chi connectivity index (χ4v) is 11.9. The van der Waals surface area contributed by atoms with Gasteiger partial charge in [-0.2, -0.15) is 0 Å². The third-order valence-corrected chi connectivity index (χ3v) is 18.1. The van der Waals surface area contributed by atoms with Gasteiger partial charge in [0.1, 0.15) is 19.3 Å². The number of ether oxygens (including phenoxy) is 4. The number of carbonyl (C=O) groups excluding carboxylic acids is 4. The molecule has 5 unspecified atom stereocenters. The number of aliphatic hydroxyl groups excluding tert-OH is 1. The second-order valence-electron chi connectivity index (χ2n) is 25.6. The number of unbranched alkanes of at least 4 members (excludes halogenated alkanes) is 34. The van der Waals surface area contributed by atoms with Crippen molar-refractivity contribution in [1.82, 2.24) is 0 Å². The molecule has 0 aromatic rings. The highest BCUT2D eigenvalue weighted by atomic mass is 31.2. The molecular formula is C77H138O17P2. The normalized spacial score (nSPS) is 14.4. The highest BCUT2D eigenvalue weighted by molar-refractivity contribution is 7.47. The molecule has 0 amide bonds. The molecule has 0 aromatic heterocycles. The average molecular weight is 1400 g/mol. The van der Waals surface area contributed by atoms with Gasteiger partial charge in [-0.25, -0.2) is 9.13 Å². The molecule has 0 rings (SSSR count). The van der Waals surface area contributed by atoms with E-state index in [-0.39, 0.29) is 25.7 Å². The van der Waals surface area contributed by atoms with Crippen LogP contribution in [0.25, 0.3) is 0 Å². The molecule has 0 spiro atoms. The Labute approximate surface area is 583 Å². The van der Waals surface area contributed by atoms with E-state index in [0.29, 0.717) is 25.7 Å². The number of hydrogen-bond donors (Lipinski definition) is 3. The van der Waals surface area contributed by atoms with Gasteiger partial charge in [0.2, 0.25) is 0 Å². The predicted molar refractivity (Wildman–Crippen MR) is 390 cm³/mol. The van der Waals surface area contributed by atoms with E-state index in [9.17, 15) is 43.2 Å². The molecule has 0 fully saturated rings. The number of hydrogen-bond acceptors (Lipinski definition) is 15. The van der Waals surface area contributed by atoms with Crippen LogP contribution in [0.1, 0.15) is 336 Å². The highest BCUT2D eigenvalue weighted by Crippen LogP contribution is 2.45. The Hall–Kier alpha value is -3.50. The predicted octanol–water partition coefficient (Wildman–Crippen LogP) is 21.7. The molecule has 0 aliphatic heterocycles. The van der Waals surface area contributed by atoms with E-state index < -0.39 is 97.5 Å². The standard InChI is InChI=1S/C77H138O17P2/c1-5-9-13-17-21-25-29-33-35-39-41-45-49-53-57-61-74(79)87-67-72(93-76(81)63-59-55-51-47-43-37-31-27-23-19-15-11-7-3)69-91-95(83,84)89-65-71(78)66-90-96(85,86)92-70-73(94-77(82)64-60-56-52-48-44-38-32-28-24-20-16-12-8-4)68-88-75(80)62-58-54-50-46-42-40-36-34-30-26-22-18-14-10-6-2/h9,13,21,25,28,32-36,41,45,71-73,78H,5-8,10-12,14-20,22-24,26-27,29-31,37-40,42-44,46-70H2,1-4H3,(H,83,84)(H,85,86)/b13-9-,25-21-,32-28-,35-33-,36-34-,45-41-. The Bertz CT molecular complexity index is 2110. The Morgan fingerprint density at radius 3 is 0.875 bits per heavy atom. The first-order chi connectivity index (χ1) is 46.7. The number of allylic oxidation sites excluding steroid dienone is 12. The summed E-state index contributed by atoms with van der Waals surface area (Å²) in [6.07, 6.45) is 68.9. The zero-order chi connectivity index (χ0) is 70.4. The Morgan fingerprint density at radius 2 is 0.542 bits per heavy atom. The second kappa shape index (κ2) is 70.0. The van der Waals surface area contributed by atoms with E-state index in [2.05, 4.69) is 101 Å². The van der Waals surface area contributed by atoms with Crippen LogP contribution in [-0.4, -0.2) is 96.7 Å². The van der Waals surface area contributed by atoms with E-state index in [1.54, 1.807) is 0 Å². The lowest BCUT2D eigenvalue weighted by atomic mass is 10.0. The zero-order valence-electron chi connectivity index (χ0n) is 60.8. The van der Waals surface area contributed by atoms with Gasteiger partial charge in [-0.15, -0.1) is 0 Å². The first-order valence-electron chi connectivity index (χ1n) is 38.2. The Kier molecular flexibility index (Phi) is 67.4. The summed E-state index contributed by atoms with van der Waals surface area (Å²) in [6, 6.07) is 0. The molecule has 558 valence electrons. The van der Waals surface area contributed by atoms with Crippen molar-refractivity contribution in [2.24, 2.45) is 0 Å². The monoisotopic (exact) mass is 1400 g/mol. The smallest absolute Gasteiger partial charge is 0.462 e. The van der Waals surface area contributed by atoms with Crippen LogP contribution < -0.4 is 0 Å². The molecule has 0 aromatic carbocycles. The van der Waals surface area contributed by atoms with Crippen LogP contribution >= 0.6 is 15.6 Å². The third kappa shape index (κ3) is 69.0. The van der Waals surface area contributed by atoms with Crippen LogP contribution in [0.15, 0.2) is 72.9 Å². The lowest BCUT2D eigenvalue weighted by Crippen LogP contribution is -2.30. The summed E-state index contributed by atoms with van der Waals surface area (Å²) in [5.41, 5.74) is 0. The number of carbonyl (C=O) groups is 4. The lowest BCUT2D eigenvalue weighted by Gasteiger charge is -2.21. The summed E-state index contributed by atoms with van der Waals surface area (Å²) in [5, 5.41) is 10.6. The molecule has 17 nitrogen and oxygen atoms in total. The maximum absolute atomic E-state index is 13.1. The van der Waals surface area contributed by atoms with Gasteiger partial charge in [-0.3, -0.25) is 37.3 Å². The quantitative estimate of drug-likeness (QED) is 0.0169.